The van der Waals surface area contributed by atoms with E-state index in [0.717, 1.165) is 23.5 Å². The van der Waals surface area contributed by atoms with E-state index in [9.17, 15) is 4.79 Å². The van der Waals surface area contributed by atoms with E-state index in [1.807, 2.05) is 30.3 Å². The van der Waals surface area contributed by atoms with Crippen LogP contribution in [0.15, 0.2) is 47.5 Å². The topological polar surface area (TPSA) is 59.9 Å². The van der Waals surface area contributed by atoms with Gasteiger partial charge in [0, 0.05) is 29.8 Å². The zero-order valence-corrected chi connectivity index (χ0v) is 15.9. The van der Waals surface area contributed by atoms with Crippen molar-refractivity contribution >= 4 is 12.1 Å². The van der Waals surface area contributed by atoms with E-state index < -0.39 is 0 Å². The molecule has 2 saturated heterocycles. The molecule has 2 bridgehead atoms. The van der Waals surface area contributed by atoms with Crippen LogP contribution in [-0.2, 0) is 0 Å². The minimum atomic E-state index is -0.186. The molecule has 3 aliphatic heterocycles. The molecule has 1 N–H and O–H groups in total. The first-order valence-corrected chi connectivity index (χ1v) is 9.96. The van der Waals surface area contributed by atoms with Gasteiger partial charge in [0.15, 0.2) is 0 Å². The van der Waals surface area contributed by atoms with Gasteiger partial charge in [0.25, 0.3) is 5.91 Å². The third kappa shape index (κ3) is 3.10. The van der Waals surface area contributed by atoms with Crippen LogP contribution in [0.1, 0.15) is 46.7 Å². The molecular weight excluding hydrogens is 352 g/mol. The Hall–Kier alpha value is -2.66. The van der Waals surface area contributed by atoms with Gasteiger partial charge >= 0.3 is 0 Å². The van der Waals surface area contributed by atoms with Crippen LogP contribution in [0.2, 0.25) is 0 Å². The molecule has 5 nitrogen and oxygen atoms in total. The summed E-state index contributed by atoms with van der Waals surface area (Å²) in [5.74, 6) is 2.30. The smallest absolute Gasteiger partial charge is 0.277 e. The molecule has 2 aromatic carbocycles. The van der Waals surface area contributed by atoms with Crippen LogP contribution in [0.25, 0.3) is 0 Å². The molecule has 2 aromatic rings. The summed E-state index contributed by atoms with van der Waals surface area (Å²) in [5.41, 5.74) is 2.85. The molecule has 5 rings (SSSR count). The largest absolute Gasteiger partial charge is 0.497 e. The SMILES string of the molecule is COc1ccc(C2CC3CCC(N3)C2COc2ccc3c(c2)C(=O)N=C3)cc1. The van der Waals surface area contributed by atoms with Crippen LogP contribution in [0.3, 0.4) is 0 Å². The number of carbonyl (C=O) groups excluding carboxylic acids is 1. The third-order valence-electron chi connectivity index (χ3n) is 6.41. The Balaban J connectivity index is 1.35. The maximum atomic E-state index is 11.8. The van der Waals surface area contributed by atoms with Crippen molar-refractivity contribution in [3.8, 4) is 11.5 Å². The van der Waals surface area contributed by atoms with Gasteiger partial charge in [-0.05, 0) is 61.1 Å². The standard InChI is InChI=1S/C23H24N2O3/c1-27-17-6-2-14(3-7-17)19-10-16-5-9-22(25-16)21(19)13-28-18-8-4-15-12-24-23(26)20(15)11-18/h2-4,6-8,11-12,16,19,21-22,25H,5,9-10,13H2,1H3. The summed E-state index contributed by atoms with van der Waals surface area (Å²) in [5, 5.41) is 3.77. The number of nitrogens with zero attached hydrogens (tertiary/aromatic N) is 1. The van der Waals surface area contributed by atoms with E-state index in [1.165, 1.54) is 18.4 Å². The number of carbonyl (C=O) groups is 1. The van der Waals surface area contributed by atoms with Gasteiger partial charge in [-0.25, -0.2) is 4.99 Å². The van der Waals surface area contributed by atoms with Crippen molar-refractivity contribution in [3.63, 3.8) is 0 Å². The molecule has 0 spiro atoms. The van der Waals surface area contributed by atoms with E-state index in [1.54, 1.807) is 13.3 Å². The van der Waals surface area contributed by atoms with Gasteiger partial charge in [-0.2, -0.15) is 0 Å². The summed E-state index contributed by atoms with van der Waals surface area (Å²) >= 11 is 0. The monoisotopic (exact) mass is 376 g/mol. The van der Waals surface area contributed by atoms with E-state index in [0.29, 0.717) is 36.1 Å². The Morgan fingerprint density at radius 2 is 1.93 bits per heavy atom. The van der Waals surface area contributed by atoms with Crippen LogP contribution in [-0.4, -0.2) is 37.9 Å². The molecule has 0 saturated carbocycles. The highest BCUT2D eigenvalue weighted by molar-refractivity contribution is 6.13. The van der Waals surface area contributed by atoms with Gasteiger partial charge in [0.1, 0.15) is 11.5 Å². The van der Waals surface area contributed by atoms with Gasteiger partial charge in [-0.1, -0.05) is 12.1 Å². The Labute approximate surface area is 164 Å². The maximum absolute atomic E-state index is 11.8. The summed E-state index contributed by atoms with van der Waals surface area (Å²) in [6, 6.07) is 15.2. The van der Waals surface area contributed by atoms with Crippen molar-refractivity contribution in [2.45, 2.75) is 37.3 Å². The van der Waals surface area contributed by atoms with E-state index in [2.05, 4.69) is 22.4 Å². The van der Waals surface area contributed by atoms with Gasteiger partial charge < -0.3 is 14.8 Å². The molecule has 0 aromatic heterocycles. The van der Waals surface area contributed by atoms with Crippen molar-refractivity contribution < 1.29 is 14.3 Å². The number of aliphatic imine (C=N–C) groups is 1. The molecule has 0 aliphatic carbocycles. The molecule has 144 valence electrons. The van der Waals surface area contributed by atoms with Gasteiger partial charge in [-0.15, -0.1) is 0 Å². The first kappa shape index (κ1) is 17.4. The second-order valence-corrected chi connectivity index (χ2v) is 7.95. The van der Waals surface area contributed by atoms with Gasteiger partial charge in [-0.3, -0.25) is 4.79 Å². The van der Waals surface area contributed by atoms with E-state index >= 15 is 0 Å². The highest BCUT2D eigenvalue weighted by Gasteiger charge is 2.42. The highest BCUT2D eigenvalue weighted by Crippen LogP contribution is 2.42. The average Bonchev–Trinajstić information content (AvgIpc) is 3.30. The lowest BCUT2D eigenvalue weighted by atomic mass is 9.77. The number of hydrogen-bond acceptors (Lipinski definition) is 4. The number of benzene rings is 2. The van der Waals surface area contributed by atoms with Crippen LogP contribution in [0, 0.1) is 5.92 Å². The van der Waals surface area contributed by atoms with Crippen molar-refractivity contribution in [2.24, 2.45) is 10.9 Å². The maximum Gasteiger partial charge on any atom is 0.277 e. The van der Waals surface area contributed by atoms with Crippen LogP contribution in [0.4, 0.5) is 0 Å². The number of ether oxygens (including phenoxy) is 2. The lowest BCUT2D eigenvalue weighted by Crippen LogP contribution is -2.46. The fourth-order valence-corrected chi connectivity index (χ4v) is 4.92. The molecule has 1 amide bonds. The quantitative estimate of drug-likeness (QED) is 0.867. The third-order valence-corrected chi connectivity index (χ3v) is 6.41. The van der Waals surface area contributed by atoms with Gasteiger partial charge in [0.05, 0.1) is 19.3 Å². The minimum absolute atomic E-state index is 0.186. The predicted molar refractivity (Wildman–Crippen MR) is 108 cm³/mol. The first-order chi connectivity index (χ1) is 13.7. The molecule has 4 atom stereocenters. The summed E-state index contributed by atoms with van der Waals surface area (Å²) in [6.45, 7) is 0.634. The lowest BCUT2D eigenvalue weighted by Gasteiger charge is -2.38. The molecule has 3 aliphatic rings. The van der Waals surface area contributed by atoms with Crippen LogP contribution in [0.5, 0.6) is 11.5 Å². The normalized spacial score (nSPS) is 27.7. The number of rotatable bonds is 5. The molecule has 28 heavy (non-hydrogen) atoms. The zero-order valence-electron chi connectivity index (χ0n) is 15.9. The number of nitrogens with one attached hydrogen (secondary N) is 1. The van der Waals surface area contributed by atoms with Gasteiger partial charge in [0.2, 0.25) is 0 Å². The summed E-state index contributed by atoms with van der Waals surface area (Å²) in [7, 11) is 1.70. The lowest BCUT2D eigenvalue weighted by molar-refractivity contribution is 0.101. The zero-order chi connectivity index (χ0) is 19.1. The molecule has 2 fully saturated rings. The van der Waals surface area contributed by atoms with Crippen molar-refractivity contribution in [2.75, 3.05) is 13.7 Å². The Morgan fingerprint density at radius 3 is 2.75 bits per heavy atom. The van der Waals surface area contributed by atoms with E-state index in [-0.39, 0.29) is 5.91 Å². The van der Waals surface area contributed by atoms with Crippen molar-refractivity contribution in [1.29, 1.82) is 0 Å². The number of methoxy groups -OCH3 is 1. The minimum Gasteiger partial charge on any atom is -0.497 e. The van der Waals surface area contributed by atoms with Crippen LogP contribution >= 0.6 is 0 Å². The van der Waals surface area contributed by atoms with Crippen molar-refractivity contribution in [3.05, 3.63) is 59.2 Å². The number of piperidine rings is 1. The van der Waals surface area contributed by atoms with E-state index in [4.69, 9.17) is 9.47 Å². The molecule has 0 radical (unpaired) electrons. The van der Waals surface area contributed by atoms with Crippen LogP contribution < -0.4 is 14.8 Å². The molecule has 5 heteroatoms. The fourth-order valence-electron chi connectivity index (χ4n) is 4.92. The molecule has 4 unspecified atom stereocenters. The second-order valence-electron chi connectivity index (χ2n) is 7.95. The Kier molecular flexibility index (Phi) is 4.40. The van der Waals surface area contributed by atoms with Crippen molar-refractivity contribution in [1.82, 2.24) is 5.32 Å². The number of amides is 1. The number of hydrogen-bond donors (Lipinski definition) is 1. The first-order valence-electron chi connectivity index (χ1n) is 9.96. The summed E-state index contributed by atoms with van der Waals surface area (Å²) in [4.78, 5) is 15.7. The molecular formula is C23H24N2O3. The number of fused-ring (bicyclic) bond motifs is 3. The molecule has 3 heterocycles. The Morgan fingerprint density at radius 1 is 1.11 bits per heavy atom. The Bertz CT molecular complexity index is 922. The highest BCUT2D eigenvalue weighted by atomic mass is 16.5. The summed E-state index contributed by atoms with van der Waals surface area (Å²) in [6.07, 6.45) is 5.18. The predicted octanol–water partition coefficient (Wildman–Crippen LogP) is 3.57. The summed E-state index contributed by atoms with van der Waals surface area (Å²) < 4.78 is 11.5. The second kappa shape index (κ2) is 7.06. The average molecular weight is 376 g/mol. The fraction of sp³-hybridized carbons (Fsp3) is 0.391.